The number of benzene rings is 1. The van der Waals surface area contributed by atoms with Gasteiger partial charge in [0, 0.05) is 0 Å². The Bertz CT molecular complexity index is 437. The van der Waals surface area contributed by atoms with Crippen molar-refractivity contribution < 1.29 is 22.7 Å². The average Bonchev–Trinajstić information content (AvgIpc) is 2.23. The van der Waals surface area contributed by atoms with Crippen molar-refractivity contribution in [2.24, 2.45) is 0 Å². The maximum Gasteiger partial charge on any atom is 0.416 e. The van der Waals surface area contributed by atoms with Crippen LogP contribution in [0, 0.1) is 5.82 Å². The number of aliphatic hydroxyl groups excluding tert-OH is 1. The third kappa shape index (κ3) is 3.84. The molecule has 1 aromatic carbocycles. The maximum atomic E-state index is 13.0. The molecule has 0 bridgehead atoms. The van der Waals surface area contributed by atoms with Crippen molar-refractivity contribution in [1.82, 2.24) is 0 Å². The van der Waals surface area contributed by atoms with E-state index < -0.39 is 29.2 Å². The molecule has 0 aliphatic heterocycles. The molecule has 0 saturated heterocycles. The lowest BCUT2D eigenvalue weighted by Gasteiger charge is -2.17. The molecule has 0 aliphatic carbocycles. The van der Waals surface area contributed by atoms with E-state index in [1.165, 1.54) is 0 Å². The van der Waals surface area contributed by atoms with E-state index in [2.05, 4.69) is 6.58 Å². The van der Waals surface area contributed by atoms with E-state index in [-0.39, 0.29) is 6.42 Å². The molecule has 1 aromatic rings. The number of hydrogen-bond acceptors (Lipinski definition) is 1. The molecule has 1 atom stereocenters. The maximum absolute atomic E-state index is 13.0. The molecule has 18 heavy (non-hydrogen) atoms. The summed E-state index contributed by atoms with van der Waals surface area (Å²) in [7, 11) is 0. The van der Waals surface area contributed by atoms with Gasteiger partial charge in [-0.15, -0.1) is 6.58 Å². The van der Waals surface area contributed by atoms with Gasteiger partial charge in [0.25, 0.3) is 0 Å². The molecule has 0 aromatic heterocycles. The molecule has 0 amide bonds. The predicted octanol–water partition coefficient (Wildman–Crippen LogP) is 4.23. The highest BCUT2D eigenvalue weighted by atomic mass is 19.4. The fraction of sp³-hybridized carbons (Fsp3) is 0.385. The third-order valence-electron chi connectivity index (χ3n) is 2.52. The molecule has 0 radical (unpaired) electrons. The molecule has 100 valence electrons. The minimum Gasteiger partial charge on any atom is -0.388 e. The van der Waals surface area contributed by atoms with E-state index in [9.17, 15) is 22.7 Å². The van der Waals surface area contributed by atoms with Crippen LogP contribution >= 0.6 is 0 Å². The van der Waals surface area contributed by atoms with Gasteiger partial charge in [-0.25, -0.2) is 4.39 Å². The van der Waals surface area contributed by atoms with E-state index in [4.69, 9.17) is 0 Å². The highest BCUT2D eigenvalue weighted by Crippen LogP contribution is 2.36. The molecule has 1 rings (SSSR count). The Morgan fingerprint density at radius 2 is 2.00 bits per heavy atom. The lowest BCUT2D eigenvalue weighted by Crippen LogP contribution is -2.12. The SMILES string of the molecule is C=C(C)CCC(O)c1cc(F)ccc1C(F)(F)F. The van der Waals surface area contributed by atoms with E-state index in [1.807, 2.05) is 0 Å². The van der Waals surface area contributed by atoms with Gasteiger partial charge in [-0.05, 0) is 43.5 Å². The molecular formula is C13H14F4O. The van der Waals surface area contributed by atoms with Crippen LogP contribution in [-0.4, -0.2) is 5.11 Å². The second-order valence-corrected chi connectivity index (χ2v) is 4.24. The number of aliphatic hydroxyl groups is 1. The third-order valence-corrected chi connectivity index (χ3v) is 2.52. The topological polar surface area (TPSA) is 20.2 Å². The Morgan fingerprint density at radius 3 is 2.50 bits per heavy atom. The van der Waals surface area contributed by atoms with Crippen LogP contribution in [0.4, 0.5) is 17.6 Å². The van der Waals surface area contributed by atoms with E-state index in [0.717, 1.165) is 17.7 Å². The van der Waals surface area contributed by atoms with Crippen molar-refractivity contribution in [3.63, 3.8) is 0 Å². The molecule has 1 unspecified atom stereocenters. The summed E-state index contributed by atoms with van der Waals surface area (Å²) >= 11 is 0. The first-order valence-electron chi connectivity index (χ1n) is 5.41. The molecular weight excluding hydrogens is 248 g/mol. The summed E-state index contributed by atoms with van der Waals surface area (Å²) in [6.45, 7) is 5.31. The second-order valence-electron chi connectivity index (χ2n) is 4.24. The largest absolute Gasteiger partial charge is 0.416 e. The second kappa shape index (κ2) is 5.52. The van der Waals surface area contributed by atoms with Gasteiger partial charge < -0.3 is 5.11 Å². The summed E-state index contributed by atoms with van der Waals surface area (Å²) in [5.74, 6) is -0.799. The molecule has 1 nitrogen and oxygen atoms in total. The van der Waals surface area contributed by atoms with Crippen molar-refractivity contribution in [2.45, 2.75) is 32.0 Å². The van der Waals surface area contributed by atoms with Gasteiger partial charge in [-0.3, -0.25) is 0 Å². The van der Waals surface area contributed by atoms with Crippen molar-refractivity contribution in [3.05, 3.63) is 47.3 Å². The molecule has 0 spiro atoms. The minimum atomic E-state index is -4.60. The lowest BCUT2D eigenvalue weighted by atomic mass is 9.97. The number of halogens is 4. The van der Waals surface area contributed by atoms with Crippen molar-refractivity contribution in [3.8, 4) is 0 Å². The first-order valence-corrected chi connectivity index (χ1v) is 5.41. The summed E-state index contributed by atoms with van der Waals surface area (Å²) in [4.78, 5) is 0. The fourth-order valence-electron chi connectivity index (χ4n) is 1.61. The van der Waals surface area contributed by atoms with Gasteiger partial charge in [0.05, 0.1) is 11.7 Å². The fourth-order valence-corrected chi connectivity index (χ4v) is 1.61. The van der Waals surface area contributed by atoms with Gasteiger partial charge in [-0.1, -0.05) is 5.57 Å². The van der Waals surface area contributed by atoms with Crippen molar-refractivity contribution in [2.75, 3.05) is 0 Å². The number of alkyl halides is 3. The van der Waals surface area contributed by atoms with Gasteiger partial charge in [0.1, 0.15) is 5.82 Å². The van der Waals surface area contributed by atoms with Crippen LogP contribution in [0.5, 0.6) is 0 Å². The van der Waals surface area contributed by atoms with Crippen LogP contribution < -0.4 is 0 Å². The Balaban J connectivity index is 3.05. The Kier molecular flexibility index (Phi) is 4.51. The lowest BCUT2D eigenvalue weighted by molar-refractivity contribution is -0.139. The number of rotatable bonds is 4. The van der Waals surface area contributed by atoms with Crippen LogP contribution in [0.2, 0.25) is 0 Å². The summed E-state index contributed by atoms with van der Waals surface area (Å²) in [5.41, 5.74) is -0.680. The quantitative estimate of drug-likeness (QED) is 0.635. The Morgan fingerprint density at radius 1 is 1.39 bits per heavy atom. The first-order chi connectivity index (χ1) is 8.21. The zero-order valence-corrected chi connectivity index (χ0v) is 9.89. The highest BCUT2D eigenvalue weighted by molar-refractivity contribution is 5.32. The normalized spacial score (nSPS) is 13.4. The summed E-state index contributed by atoms with van der Waals surface area (Å²) in [5, 5.41) is 9.73. The van der Waals surface area contributed by atoms with Crippen molar-refractivity contribution >= 4 is 0 Å². The van der Waals surface area contributed by atoms with Crippen LogP contribution in [-0.2, 0) is 6.18 Å². The van der Waals surface area contributed by atoms with Gasteiger partial charge in [0.2, 0.25) is 0 Å². The summed E-state index contributed by atoms with van der Waals surface area (Å²) in [6, 6.07) is 2.11. The molecule has 5 heteroatoms. The number of hydrogen-bond donors (Lipinski definition) is 1. The average molecular weight is 262 g/mol. The number of allylic oxidation sites excluding steroid dienone is 1. The van der Waals surface area contributed by atoms with E-state index >= 15 is 0 Å². The summed E-state index contributed by atoms with van der Waals surface area (Å²) in [6.07, 6.45) is -5.49. The predicted molar refractivity (Wildman–Crippen MR) is 60.4 cm³/mol. The Hall–Kier alpha value is -1.36. The molecule has 0 saturated carbocycles. The molecule has 0 aliphatic rings. The minimum absolute atomic E-state index is 0.0852. The van der Waals surface area contributed by atoms with Gasteiger partial charge >= 0.3 is 6.18 Å². The monoisotopic (exact) mass is 262 g/mol. The first kappa shape index (κ1) is 14.7. The highest BCUT2D eigenvalue weighted by Gasteiger charge is 2.35. The zero-order chi connectivity index (χ0) is 13.9. The standard InChI is InChI=1S/C13H14F4O/c1-8(2)3-6-12(18)10-7-9(14)4-5-11(10)13(15,16)17/h4-5,7,12,18H,1,3,6H2,2H3. The van der Waals surface area contributed by atoms with Gasteiger partial charge in [0.15, 0.2) is 0 Å². The van der Waals surface area contributed by atoms with Crippen LogP contribution in [0.1, 0.15) is 37.0 Å². The summed E-state index contributed by atoms with van der Waals surface area (Å²) < 4.78 is 51.1. The van der Waals surface area contributed by atoms with E-state index in [1.54, 1.807) is 6.92 Å². The van der Waals surface area contributed by atoms with Crippen molar-refractivity contribution in [1.29, 1.82) is 0 Å². The van der Waals surface area contributed by atoms with Crippen LogP contribution in [0.25, 0.3) is 0 Å². The zero-order valence-electron chi connectivity index (χ0n) is 9.89. The Labute approximate surface area is 103 Å². The molecule has 0 heterocycles. The van der Waals surface area contributed by atoms with Gasteiger partial charge in [-0.2, -0.15) is 13.2 Å². The molecule has 0 fully saturated rings. The van der Waals surface area contributed by atoms with E-state index in [0.29, 0.717) is 12.5 Å². The van der Waals surface area contributed by atoms with Crippen LogP contribution in [0.3, 0.4) is 0 Å². The van der Waals surface area contributed by atoms with Crippen LogP contribution in [0.15, 0.2) is 30.4 Å². The molecule has 1 N–H and O–H groups in total. The smallest absolute Gasteiger partial charge is 0.388 e.